The molecule has 0 aliphatic carbocycles. The van der Waals surface area contributed by atoms with E-state index in [1.165, 1.54) is 12.1 Å². The van der Waals surface area contributed by atoms with Gasteiger partial charge in [-0.25, -0.2) is 0 Å². The summed E-state index contributed by atoms with van der Waals surface area (Å²) in [5.74, 6) is 1.34. The van der Waals surface area contributed by atoms with Gasteiger partial charge in [0.2, 0.25) is 0 Å². The SMILES string of the molecule is Cc1ccc(S(=O)(=O)O/N=C2\CC(C)Oc3cc(-c4ccco4)ccc32)cc1. The smallest absolute Gasteiger partial charge is 0.358 e. The van der Waals surface area contributed by atoms with E-state index in [1.54, 1.807) is 18.4 Å². The third kappa shape index (κ3) is 3.66. The van der Waals surface area contributed by atoms with Crippen molar-refractivity contribution in [3.05, 3.63) is 72.0 Å². The minimum atomic E-state index is -3.98. The second-order valence-electron chi connectivity index (χ2n) is 6.70. The molecule has 1 aromatic heterocycles. The lowest BCUT2D eigenvalue weighted by Crippen LogP contribution is -2.25. The Morgan fingerprint density at radius 1 is 1.11 bits per heavy atom. The van der Waals surface area contributed by atoms with Crippen molar-refractivity contribution in [2.75, 3.05) is 0 Å². The number of hydrogen-bond donors (Lipinski definition) is 0. The van der Waals surface area contributed by atoms with Gasteiger partial charge in [0.05, 0.1) is 12.0 Å². The quantitative estimate of drug-likeness (QED) is 0.604. The topological polar surface area (TPSA) is 78.1 Å². The molecule has 7 heteroatoms. The van der Waals surface area contributed by atoms with Crippen molar-refractivity contribution in [2.24, 2.45) is 5.16 Å². The molecule has 2 aromatic carbocycles. The van der Waals surface area contributed by atoms with Crippen LogP contribution in [0.1, 0.15) is 24.5 Å². The van der Waals surface area contributed by atoms with Crippen LogP contribution >= 0.6 is 0 Å². The van der Waals surface area contributed by atoms with Crippen LogP contribution in [0.2, 0.25) is 0 Å². The summed E-state index contributed by atoms with van der Waals surface area (Å²) < 4.78 is 41.1. The number of rotatable bonds is 4. The second-order valence-corrected chi connectivity index (χ2v) is 8.23. The molecule has 3 aromatic rings. The van der Waals surface area contributed by atoms with Gasteiger partial charge in [-0.15, -0.1) is 0 Å². The minimum Gasteiger partial charge on any atom is -0.490 e. The Morgan fingerprint density at radius 2 is 1.89 bits per heavy atom. The van der Waals surface area contributed by atoms with E-state index in [0.717, 1.165) is 16.9 Å². The highest BCUT2D eigenvalue weighted by atomic mass is 32.2. The zero-order valence-electron chi connectivity index (χ0n) is 15.5. The summed E-state index contributed by atoms with van der Waals surface area (Å²) in [5.41, 5.74) is 3.05. The molecule has 28 heavy (non-hydrogen) atoms. The third-order valence-electron chi connectivity index (χ3n) is 4.46. The molecule has 0 saturated carbocycles. The molecule has 0 saturated heterocycles. The first-order valence-corrected chi connectivity index (χ1v) is 10.3. The molecule has 144 valence electrons. The van der Waals surface area contributed by atoms with E-state index in [0.29, 0.717) is 23.4 Å². The molecular formula is C21H19NO5S. The van der Waals surface area contributed by atoms with E-state index >= 15 is 0 Å². The number of hydrogen-bond acceptors (Lipinski definition) is 6. The van der Waals surface area contributed by atoms with Crippen LogP contribution in [0.4, 0.5) is 0 Å². The highest BCUT2D eigenvalue weighted by Gasteiger charge is 2.25. The van der Waals surface area contributed by atoms with E-state index in [9.17, 15) is 8.42 Å². The lowest BCUT2D eigenvalue weighted by atomic mass is 9.98. The predicted octanol–water partition coefficient (Wildman–Crippen LogP) is 4.54. The maximum Gasteiger partial charge on any atom is 0.358 e. The van der Waals surface area contributed by atoms with E-state index < -0.39 is 10.1 Å². The summed E-state index contributed by atoms with van der Waals surface area (Å²) in [6, 6.07) is 15.7. The Balaban J connectivity index is 1.64. The molecule has 0 radical (unpaired) electrons. The molecular weight excluding hydrogens is 378 g/mol. The molecule has 1 atom stereocenters. The number of benzene rings is 2. The predicted molar refractivity (Wildman–Crippen MR) is 105 cm³/mol. The molecule has 1 unspecified atom stereocenters. The Morgan fingerprint density at radius 3 is 2.61 bits per heavy atom. The molecule has 1 aliphatic heterocycles. The molecule has 0 fully saturated rings. The van der Waals surface area contributed by atoms with Crippen LogP contribution in [-0.4, -0.2) is 20.2 Å². The Hall–Kier alpha value is -3.06. The normalized spacial score (nSPS) is 17.8. The van der Waals surface area contributed by atoms with E-state index in [1.807, 2.05) is 44.2 Å². The highest BCUT2D eigenvalue weighted by Crippen LogP contribution is 2.33. The lowest BCUT2D eigenvalue weighted by Gasteiger charge is -2.24. The van der Waals surface area contributed by atoms with Gasteiger partial charge in [0.25, 0.3) is 0 Å². The van der Waals surface area contributed by atoms with Crippen molar-refractivity contribution in [1.29, 1.82) is 0 Å². The van der Waals surface area contributed by atoms with Crippen molar-refractivity contribution >= 4 is 15.8 Å². The Bertz CT molecular complexity index is 1120. The van der Waals surface area contributed by atoms with E-state index in [4.69, 9.17) is 13.4 Å². The Labute approximate surface area is 163 Å². The fraction of sp³-hybridized carbons (Fsp3) is 0.190. The van der Waals surface area contributed by atoms with Gasteiger partial charge in [-0.3, -0.25) is 4.28 Å². The zero-order chi connectivity index (χ0) is 19.7. The van der Waals surface area contributed by atoms with Gasteiger partial charge in [0.1, 0.15) is 22.5 Å². The standard InChI is InChI=1S/C21H19NO5S/c1-14-5-8-17(9-6-14)28(23,24)27-22-19-12-15(2)26-21-13-16(7-10-18(19)21)20-4-3-11-25-20/h3-11,13,15H,12H2,1-2H3/b22-19+. The van der Waals surface area contributed by atoms with Crippen LogP contribution in [0, 0.1) is 6.92 Å². The van der Waals surface area contributed by atoms with Gasteiger partial charge in [-0.2, -0.15) is 8.42 Å². The molecule has 0 N–H and O–H groups in total. The fourth-order valence-electron chi connectivity index (χ4n) is 3.02. The van der Waals surface area contributed by atoms with Crippen molar-refractivity contribution in [2.45, 2.75) is 31.3 Å². The monoisotopic (exact) mass is 397 g/mol. The van der Waals surface area contributed by atoms with Crippen LogP contribution in [0.15, 0.2) is 75.3 Å². The number of fused-ring (bicyclic) bond motifs is 1. The van der Waals surface area contributed by atoms with Gasteiger partial charge < -0.3 is 9.15 Å². The van der Waals surface area contributed by atoms with E-state index in [2.05, 4.69) is 5.16 Å². The van der Waals surface area contributed by atoms with E-state index in [-0.39, 0.29) is 11.0 Å². The summed E-state index contributed by atoms with van der Waals surface area (Å²) in [5, 5.41) is 3.96. The van der Waals surface area contributed by atoms with Crippen LogP contribution in [0.25, 0.3) is 11.3 Å². The fourth-order valence-corrected chi connectivity index (χ4v) is 3.77. The molecule has 1 aliphatic rings. The summed E-state index contributed by atoms with van der Waals surface area (Å²) in [6.07, 6.45) is 1.88. The number of oxime groups is 1. The van der Waals surface area contributed by atoms with Gasteiger partial charge in [0.15, 0.2) is 0 Å². The molecule has 2 heterocycles. The summed E-state index contributed by atoms with van der Waals surface area (Å²) in [7, 11) is -3.98. The number of nitrogens with zero attached hydrogens (tertiary/aromatic N) is 1. The molecule has 6 nitrogen and oxygen atoms in total. The summed E-state index contributed by atoms with van der Waals surface area (Å²) in [6.45, 7) is 3.78. The maximum atomic E-state index is 12.4. The first-order valence-electron chi connectivity index (χ1n) is 8.84. The third-order valence-corrected chi connectivity index (χ3v) is 5.58. The highest BCUT2D eigenvalue weighted by molar-refractivity contribution is 7.86. The molecule has 4 rings (SSSR count). The first-order chi connectivity index (χ1) is 13.4. The summed E-state index contributed by atoms with van der Waals surface area (Å²) in [4.78, 5) is 0.0657. The zero-order valence-corrected chi connectivity index (χ0v) is 16.3. The largest absolute Gasteiger partial charge is 0.490 e. The number of ether oxygens (including phenoxy) is 1. The Kier molecular flexibility index (Phi) is 4.68. The molecule has 0 spiro atoms. The maximum absolute atomic E-state index is 12.4. The second kappa shape index (κ2) is 7.16. The van der Waals surface area contributed by atoms with Gasteiger partial charge in [-0.05, 0) is 50.2 Å². The summed E-state index contributed by atoms with van der Waals surface area (Å²) >= 11 is 0. The van der Waals surface area contributed by atoms with Crippen molar-refractivity contribution in [3.8, 4) is 17.1 Å². The first kappa shape index (κ1) is 18.3. The van der Waals surface area contributed by atoms with Crippen molar-refractivity contribution in [1.82, 2.24) is 0 Å². The number of aryl methyl sites for hydroxylation is 1. The molecule has 0 bridgehead atoms. The van der Waals surface area contributed by atoms with Gasteiger partial charge >= 0.3 is 10.1 Å². The van der Waals surface area contributed by atoms with Crippen LogP contribution < -0.4 is 4.74 Å². The number of furan rings is 1. The lowest BCUT2D eigenvalue weighted by molar-refractivity contribution is 0.219. The van der Waals surface area contributed by atoms with Gasteiger partial charge in [-0.1, -0.05) is 28.9 Å². The van der Waals surface area contributed by atoms with Crippen molar-refractivity contribution < 1.29 is 21.9 Å². The van der Waals surface area contributed by atoms with Gasteiger partial charge in [0, 0.05) is 17.5 Å². The average molecular weight is 397 g/mol. The van der Waals surface area contributed by atoms with Crippen molar-refractivity contribution in [3.63, 3.8) is 0 Å². The average Bonchev–Trinajstić information content (AvgIpc) is 3.21. The molecule has 0 amide bonds. The van der Waals surface area contributed by atoms with Crippen LogP contribution in [-0.2, 0) is 14.4 Å². The minimum absolute atomic E-state index is 0.0657. The van der Waals surface area contributed by atoms with Crippen LogP contribution in [0.5, 0.6) is 5.75 Å². The van der Waals surface area contributed by atoms with Crippen LogP contribution in [0.3, 0.4) is 0 Å².